The minimum atomic E-state index is -0.387. The largest absolute Gasteiger partial charge is 1.00 e. The molecule has 107 heavy (non-hydrogen) atoms. The van der Waals surface area contributed by atoms with Crippen LogP contribution in [0.2, 0.25) is 0 Å². The molecule has 0 amide bonds. The molecule has 5 aromatic rings. The van der Waals surface area contributed by atoms with E-state index in [9.17, 15) is 10.2 Å². The molecule has 576 valence electrons. The number of aryl methyl sites for hydroxylation is 2. The van der Waals surface area contributed by atoms with Crippen molar-refractivity contribution in [3.8, 4) is 23.0 Å². The van der Waals surface area contributed by atoms with Crippen molar-refractivity contribution >= 4 is 0 Å². The summed E-state index contributed by atoms with van der Waals surface area (Å²) in [6.45, 7) is 14.8. The van der Waals surface area contributed by atoms with E-state index in [1.807, 2.05) is 27.4 Å². The Bertz CT molecular complexity index is 3930. The molecule has 21 aliphatic rings. The Labute approximate surface area is 682 Å². The van der Waals surface area contributed by atoms with Gasteiger partial charge < -0.3 is 53.6 Å². The van der Waals surface area contributed by atoms with Crippen LogP contribution in [0.15, 0.2) is 97.1 Å². The number of rotatable bonds is 18. The summed E-state index contributed by atoms with van der Waals surface area (Å²) in [5.74, 6) is 6.97. The Morgan fingerprint density at radius 3 is 1.12 bits per heavy atom. The van der Waals surface area contributed by atoms with Crippen LogP contribution in [0.5, 0.6) is 23.0 Å². The molecule has 18 atom stereocenters. The summed E-state index contributed by atoms with van der Waals surface area (Å²) >= 11 is 0. The van der Waals surface area contributed by atoms with Crippen LogP contribution in [-0.4, -0.2) is 164 Å². The van der Waals surface area contributed by atoms with Crippen molar-refractivity contribution in [1.82, 2.24) is 14.7 Å². The number of phenolic OH excluding ortho intramolecular Hbond substituents is 1. The minimum Gasteiger partial charge on any atom is -0.870 e. The normalized spacial score (nSPS) is 39.3. The summed E-state index contributed by atoms with van der Waals surface area (Å²) in [5.41, 5.74) is 13.7. The number of piperidine rings is 3. The van der Waals surface area contributed by atoms with Crippen LogP contribution in [0, 0.1) is 65.6 Å². The average Bonchev–Trinajstić information content (AvgIpc) is 1.47. The van der Waals surface area contributed by atoms with Crippen molar-refractivity contribution in [3.63, 3.8) is 0 Å². The molecule has 26 rings (SSSR count). The third kappa shape index (κ3) is 10.5. The first kappa shape index (κ1) is 78.8. The molecule has 15 fully saturated rings. The number of phenols is 1. The predicted octanol–water partition coefficient (Wildman–Crippen LogP) is 12.9. The van der Waals surface area contributed by atoms with E-state index in [-0.39, 0.29) is 173 Å². The molecule has 6 heterocycles. The van der Waals surface area contributed by atoms with Crippen molar-refractivity contribution in [2.75, 3.05) is 80.4 Å². The van der Waals surface area contributed by atoms with Crippen LogP contribution >= 0.6 is 0 Å². The molecule has 12 saturated carbocycles. The number of hydrogen-bond donors (Lipinski definition) is 2. The van der Waals surface area contributed by atoms with E-state index < -0.39 is 0 Å². The monoisotopic (exact) mass is 1490 g/mol. The maximum Gasteiger partial charge on any atom is 1.00 e. The smallest absolute Gasteiger partial charge is 0.870 e. The van der Waals surface area contributed by atoms with Crippen molar-refractivity contribution in [3.05, 3.63) is 153 Å². The van der Waals surface area contributed by atoms with E-state index in [1.54, 1.807) is 16.7 Å². The molecule has 15 heteroatoms. The summed E-state index contributed by atoms with van der Waals surface area (Å²) in [6.07, 6.45) is 25.7. The number of methoxy groups -OCH3 is 3. The Kier molecular flexibility index (Phi) is 20.8. The van der Waals surface area contributed by atoms with Gasteiger partial charge in [0.25, 0.3) is 0 Å². The molecule has 14 nitrogen and oxygen atoms in total. The third-order valence-electron chi connectivity index (χ3n) is 32.9. The molecule has 6 spiro atoms. The van der Waals surface area contributed by atoms with Crippen molar-refractivity contribution in [2.45, 2.75) is 261 Å². The van der Waals surface area contributed by atoms with Gasteiger partial charge in [-0.05, 0) is 231 Å². The van der Waals surface area contributed by atoms with Crippen molar-refractivity contribution in [1.29, 1.82) is 0 Å². The summed E-state index contributed by atoms with van der Waals surface area (Å²) < 4.78 is 53.4. The number of hydrogen-bond acceptors (Lipinski definition) is 14. The van der Waals surface area contributed by atoms with Gasteiger partial charge in [-0.25, -0.2) is 0 Å². The Balaban J connectivity index is 0.000000126. The summed E-state index contributed by atoms with van der Waals surface area (Å²) in [5, 5.41) is 21.4. The molecule has 15 aliphatic carbocycles. The van der Waals surface area contributed by atoms with Gasteiger partial charge in [0.05, 0.1) is 26.4 Å². The summed E-state index contributed by atoms with van der Waals surface area (Å²) in [6, 6.07) is 36.3. The van der Waals surface area contributed by atoms with Gasteiger partial charge in [-0.1, -0.05) is 121 Å². The number of aliphatic hydroxyl groups is 1. The molecule has 3 N–H and O–H groups in total. The second kappa shape index (κ2) is 28.2. The standard InChI is InChI=1S/C32H39NO3.C31H37NO4.C25H33NO3.4CH4.K.H2O/c1-21-8-11-24-16-26-30-12-13-32(34-2,25(17-30)20-35-19-23-6-4-3-5-7-23)29-31(30,27(24)28(21)36-29)14-15-33(26)18-22-9-10-22;1-34-31-12-11-29(16-23(31)19-35-18-21-5-3-2-4-6-21)25-15-22-9-10-24(33)27-26(22)30(29,28(31)36-27)13-14-32(25)17-20-7-8-20;1-15-3-6-17-11-19-23-7-8-25(28-2,18(12-23)14-27)22-24(23,20(17)21(15)29-22)9-10-26(19)13-16-4-5-16;;;;;;/h3-8,11,22,25-26,29H,9-10,12-20H2,1-2H3;2-6,9-10,20,23,25,28,33H,7-8,11-19H2,1H3;3,6,16,18-19,22,27H,4-5,7-14H2,1-2H3;4*1H4;;1H2/q;;;;;;;+1;/p-1/t25-,26+,29+,30+,31-,32+;23-,25+,28+,29+,30-,31+;18-,19+,22+,23+,24-,25+;;;;;;/m000....../s1. The fourth-order valence-corrected chi connectivity index (χ4v) is 28.3. The van der Waals surface area contributed by atoms with E-state index in [0.717, 1.165) is 93.8 Å². The number of aliphatic hydroxyl groups excluding tert-OH is 1. The summed E-state index contributed by atoms with van der Waals surface area (Å²) in [4.78, 5) is 8.65. The Morgan fingerprint density at radius 2 is 0.766 bits per heavy atom. The first-order valence-corrected chi connectivity index (χ1v) is 40.1. The van der Waals surface area contributed by atoms with Crippen molar-refractivity contribution in [2.24, 2.45) is 51.8 Å². The van der Waals surface area contributed by atoms with E-state index in [4.69, 9.17) is 37.9 Å². The number of fused-ring (bicyclic) bond motifs is 6. The number of nitrogens with zero attached hydrogens (tertiary/aromatic N) is 3. The van der Waals surface area contributed by atoms with Crippen LogP contribution in [0.25, 0.3) is 0 Å². The first-order chi connectivity index (χ1) is 49.3. The van der Waals surface area contributed by atoms with Gasteiger partial charge in [0.15, 0.2) is 11.5 Å². The molecule has 3 saturated heterocycles. The average molecular weight is 1490 g/mol. The van der Waals surface area contributed by atoms with Crippen LogP contribution in [0.1, 0.15) is 201 Å². The van der Waals surface area contributed by atoms with Gasteiger partial charge in [-0.3, -0.25) is 14.7 Å². The number of aromatic hydroxyl groups is 1. The van der Waals surface area contributed by atoms with Gasteiger partial charge in [0, 0.05) is 133 Å². The molecular formula is C92H126KN3O11. The Hall–Kier alpha value is -3.46. The van der Waals surface area contributed by atoms with Gasteiger partial charge in [-0.15, -0.1) is 0 Å². The predicted molar refractivity (Wildman–Crippen MR) is 415 cm³/mol. The van der Waals surface area contributed by atoms with E-state index in [0.29, 0.717) is 49.6 Å². The molecule has 5 aromatic carbocycles. The zero-order valence-electron chi connectivity index (χ0n) is 62.2. The molecule has 6 aliphatic heterocycles. The zero-order chi connectivity index (χ0) is 67.8. The molecule has 12 bridgehead atoms. The maximum absolute atomic E-state index is 11.0. The number of likely N-dealkylation sites (tertiary alicyclic amines) is 3. The van der Waals surface area contributed by atoms with E-state index >= 15 is 0 Å². The van der Waals surface area contributed by atoms with Crippen LogP contribution in [-0.2, 0) is 72.4 Å². The second-order valence-electron chi connectivity index (χ2n) is 36.4. The fourth-order valence-electron chi connectivity index (χ4n) is 28.3. The second-order valence-corrected chi connectivity index (χ2v) is 36.4. The molecular weight excluding hydrogens is 1360 g/mol. The van der Waals surface area contributed by atoms with E-state index in [1.165, 1.54) is 161 Å². The fraction of sp³-hybridized carbons (Fsp3) is 0.674. The first-order valence-electron chi connectivity index (χ1n) is 40.1. The topological polar surface area (TPSA) is 154 Å². The minimum absolute atomic E-state index is 0. The SMILES string of the molecule is C.C.C.C.CO[C@]12CC[C@@]3(C[C@H]1CO)[C@H]1Cc4ccc(C)c5c4[C@@]3(CCN1CC1CC1)[C@H]2O5.CO[C@]12CC[C@@]3(C[C@H]1COCc1ccccc1)[C@H]1Cc4ccc(C)c5c4[C@@]3(CCN1CC1CC1)[C@H]2O5.CO[C@]12CC[C@@]3(C[C@H]1COCc1ccccc1)[C@H]1Cc4ccc(O)c5c4[C@@]3(CCN1CC1CC1)[C@H]2O5.[K+].[OH-]. The van der Waals surface area contributed by atoms with Gasteiger partial charge in [0.1, 0.15) is 46.6 Å². The zero-order valence-corrected chi connectivity index (χ0v) is 65.4. The van der Waals surface area contributed by atoms with Crippen LogP contribution in [0.3, 0.4) is 0 Å². The van der Waals surface area contributed by atoms with Gasteiger partial charge >= 0.3 is 51.4 Å². The van der Waals surface area contributed by atoms with Crippen LogP contribution < -0.4 is 65.6 Å². The van der Waals surface area contributed by atoms with Crippen molar-refractivity contribution < 1.29 is 105 Å². The quantitative estimate of drug-likeness (QED) is 0.0800. The molecule has 0 aromatic heterocycles. The Morgan fingerprint density at radius 1 is 0.430 bits per heavy atom. The molecule has 0 unspecified atom stereocenters. The number of ether oxygens (including phenoxy) is 8. The summed E-state index contributed by atoms with van der Waals surface area (Å²) in [7, 11) is 5.69. The number of benzene rings is 5. The third-order valence-corrected chi connectivity index (χ3v) is 32.9. The maximum atomic E-state index is 11.0. The van der Waals surface area contributed by atoms with E-state index in [2.05, 4.69) is 120 Å². The van der Waals surface area contributed by atoms with Gasteiger partial charge in [-0.2, -0.15) is 0 Å². The van der Waals surface area contributed by atoms with Crippen LogP contribution in [0.4, 0.5) is 0 Å². The molecule has 0 radical (unpaired) electrons. The van der Waals surface area contributed by atoms with Gasteiger partial charge in [0.2, 0.25) is 0 Å².